The summed E-state index contributed by atoms with van der Waals surface area (Å²) in [4.78, 5) is 14.4. The molecule has 0 saturated carbocycles. The maximum absolute atomic E-state index is 12.8. The number of aromatic amines is 1. The summed E-state index contributed by atoms with van der Waals surface area (Å²) in [6, 6.07) is 9.10. The van der Waals surface area contributed by atoms with Crippen molar-refractivity contribution < 1.29 is 19.7 Å². The Kier molecular flexibility index (Phi) is 4.07. The molecule has 3 N–H and O–H groups in total. The molecule has 0 bridgehead atoms. The van der Waals surface area contributed by atoms with Gasteiger partial charge in [-0.3, -0.25) is 9.89 Å². The number of nitrogens with one attached hydrogen (secondary N) is 1. The molecule has 25 heavy (non-hydrogen) atoms. The van der Waals surface area contributed by atoms with Crippen LogP contribution in [0.25, 0.3) is 0 Å². The van der Waals surface area contributed by atoms with Crippen molar-refractivity contribution in [2.24, 2.45) is 0 Å². The number of carbonyl (C=O) groups is 1. The number of piperidine rings is 1. The molecule has 7 heteroatoms. The summed E-state index contributed by atoms with van der Waals surface area (Å²) in [5.74, 6) is -0.239. The number of nitrogens with zero attached hydrogens (tertiary/aromatic N) is 2. The lowest BCUT2D eigenvalue weighted by Gasteiger charge is -2.42. The van der Waals surface area contributed by atoms with Crippen molar-refractivity contribution in [1.29, 1.82) is 0 Å². The molecule has 0 unspecified atom stereocenters. The summed E-state index contributed by atoms with van der Waals surface area (Å²) < 4.78 is 5.42. The van der Waals surface area contributed by atoms with E-state index in [4.69, 9.17) is 4.74 Å². The highest BCUT2D eigenvalue weighted by atomic mass is 16.5. The summed E-state index contributed by atoms with van der Waals surface area (Å²) in [5.41, 5.74) is 1.42. The number of hydrogen-bond donors (Lipinski definition) is 3. The molecule has 0 radical (unpaired) electrons. The third-order valence-electron chi connectivity index (χ3n) is 5.17. The Morgan fingerprint density at radius 3 is 2.92 bits per heavy atom. The van der Waals surface area contributed by atoms with Gasteiger partial charge in [0.2, 0.25) is 0 Å². The van der Waals surface area contributed by atoms with Crippen molar-refractivity contribution in [3.63, 3.8) is 0 Å². The Balaban J connectivity index is 1.53. The average Bonchev–Trinajstić information content (AvgIpc) is 3.08. The fourth-order valence-electron chi connectivity index (χ4n) is 3.61. The standard InChI is InChI=1S/C18H21N3O4/c22-15-10-21(8-7-18(15,24)12-4-2-1-3-5-12)17(23)16-13-11-25-9-6-14(13)19-20-16/h1-5,15,22,24H,6-11H2,(H,19,20)/t15-,18-/m0/s1. The molecule has 2 aromatic rings. The van der Waals surface area contributed by atoms with E-state index in [-0.39, 0.29) is 18.9 Å². The molecule has 1 amide bonds. The number of ether oxygens (including phenoxy) is 1. The number of aromatic nitrogens is 2. The van der Waals surface area contributed by atoms with Crippen molar-refractivity contribution >= 4 is 5.91 Å². The van der Waals surface area contributed by atoms with Gasteiger partial charge in [-0.2, -0.15) is 5.10 Å². The molecule has 4 rings (SSSR count). The number of benzene rings is 1. The number of H-pyrrole nitrogens is 1. The van der Waals surface area contributed by atoms with Gasteiger partial charge in [0.05, 0.1) is 19.8 Å². The molecule has 1 saturated heterocycles. The van der Waals surface area contributed by atoms with Crippen molar-refractivity contribution in [1.82, 2.24) is 15.1 Å². The largest absolute Gasteiger partial charge is 0.388 e. The third-order valence-corrected chi connectivity index (χ3v) is 5.17. The van der Waals surface area contributed by atoms with E-state index in [2.05, 4.69) is 10.2 Å². The van der Waals surface area contributed by atoms with Crippen LogP contribution in [0.1, 0.15) is 33.7 Å². The zero-order valence-electron chi connectivity index (χ0n) is 13.8. The Morgan fingerprint density at radius 1 is 1.36 bits per heavy atom. The molecule has 1 aromatic heterocycles. The molecule has 7 nitrogen and oxygen atoms in total. The van der Waals surface area contributed by atoms with E-state index in [1.54, 1.807) is 17.0 Å². The second kappa shape index (κ2) is 6.25. The molecule has 0 spiro atoms. The molecule has 0 aliphatic carbocycles. The van der Waals surface area contributed by atoms with Crippen LogP contribution in [0.2, 0.25) is 0 Å². The van der Waals surface area contributed by atoms with Gasteiger partial charge < -0.3 is 19.8 Å². The molecule has 1 aromatic carbocycles. The SMILES string of the molecule is O=C(c1n[nH]c2c1COCC2)N1CC[C@](O)(c2ccccc2)[C@@H](O)C1. The first-order valence-electron chi connectivity index (χ1n) is 8.48. The summed E-state index contributed by atoms with van der Waals surface area (Å²) in [5, 5.41) is 28.5. The smallest absolute Gasteiger partial charge is 0.274 e. The quantitative estimate of drug-likeness (QED) is 0.741. The van der Waals surface area contributed by atoms with E-state index >= 15 is 0 Å². The summed E-state index contributed by atoms with van der Waals surface area (Å²) in [6.07, 6.45) is -0.0717. The highest BCUT2D eigenvalue weighted by molar-refractivity contribution is 5.94. The van der Waals surface area contributed by atoms with Crippen LogP contribution < -0.4 is 0 Å². The maximum Gasteiger partial charge on any atom is 0.274 e. The van der Waals surface area contributed by atoms with Crippen LogP contribution in [0, 0.1) is 0 Å². The van der Waals surface area contributed by atoms with E-state index in [0.29, 0.717) is 37.4 Å². The van der Waals surface area contributed by atoms with Gasteiger partial charge in [-0.15, -0.1) is 0 Å². The third kappa shape index (κ3) is 2.74. The Morgan fingerprint density at radius 2 is 2.16 bits per heavy atom. The van der Waals surface area contributed by atoms with Crippen molar-refractivity contribution in [3.05, 3.63) is 52.8 Å². The molecule has 3 heterocycles. The highest BCUT2D eigenvalue weighted by Gasteiger charge is 2.43. The topological polar surface area (TPSA) is 98.7 Å². The Bertz CT molecular complexity index is 776. The summed E-state index contributed by atoms with van der Waals surface area (Å²) in [6.45, 7) is 1.41. The fourth-order valence-corrected chi connectivity index (χ4v) is 3.61. The zero-order valence-corrected chi connectivity index (χ0v) is 13.8. The molecular weight excluding hydrogens is 322 g/mol. The van der Waals surface area contributed by atoms with Gasteiger partial charge in [-0.1, -0.05) is 30.3 Å². The van der Waals surface area contributed by atoms with Gasteiger partial charge >= 0.3 is 0 Å². The minimum absolute atomic E-state index is 0.0622. The molecule has 2 aliphatic rings. The van der Waals surface area contributed by atoms with Gasteiger partial charge in [0.25, 0.3) is 5.91 Å². The highest BCUT2D eigenvalue weighted by Crippen LogP contribution is 2.33. The number of likely N-dealkylation sites (tertiary alicyclic amines) is 1. The molecule has 1 fully saturated rings. The second-order valence-electron chi connectivity index (χ2n) is 6.64. The molecular formula is C18H21N3O4. The Labute approximate surface area is 145 Å². The lowest BCUT2D eigenvalue weighted by molar-refractivity contribution is -0.118. The van der Waals surface area contributed by atoms with E-state index in [0.717, 1.165) is 11.3 Å². The number of rotatable bonds is 2. The van der Waals surface area contributed by atoms with Crippen LogP contribution in [0.4, 0.5) is 0 Å². The number of aliphatic hydroxyl groups excluding tert-OH is 1. The lowest BCUT2D eigenvalue weighted by atomic mass is 9.82. The van der Waals surface area contributed by atoms with Crippen LogP contribution in [0.5, 0.6) is 0 Å². The van der Waals surface area contributed by atoms with Crippen LogP contribution in [0.3, 0.4) is 0 Å². The van der Waals surface area contributed by atoms with E-state index in [1.807, 2.05) is 18.2 Å². The van der Waals surface area contributed by atoms with Crippen molar-refractivity contribution in [2.75, 3.05) is 19.7 Å². The normalized spacial score (nSPS) is 26.3. The first-order valence-corrected chi connectivity index (χ1v) is 8.48. The van der Waals surface area contributed by atoms with E-state index < -0.39 is 11.7 Å². The average molecular weight is 343 g/mol. The molecule has 2 atom stereocenters. The van der Waals surface area contributed by atoms with Crippen LogP contribution in [-0.4, -0.2) is 57.0 Å². The van der Waals surface area contributed by atoms with E-state index in [1.165, 1.54) is 0 Å². The molecule has 2 aliphatic heterocycles. The van der Waals surface area contributed by atoms with E-state index in [9.17, 15) is 15.0 Å². The van der Waals surface area contributed by atoms with Crippen molar-refractivity contribution in [3.8, 4) is 0 Å². The number of hydrogen-bond acceptors (Lipinski definition) is 5. The first kappa shape index (κ1) is 16.3. The van der Waals surface area contributed by atoms with Gasteiger partial charge in [-0.05, 0) is 5.56 Å². The van der Waals surface area contributed by atoms with Gasteiger partial charge in [0.1, 0.15) is 11.7 Å². The fraction of sp³-hybridized carbons (Fsp3) is 0.444. The number of aliphatic hydroxyl groups is 2. The van der Waals surface area contributed by atoms with Crippen LogP contribution in [0.15, 0.2) is 30.3 Å². The zero-order chi connectivity index (χ0) is 17.4. The predicted octanol–water partition coefficient (Wildman–Crippen LogP) is 0.577. The number of amides is 1. The number of fused-ring (bicyclic) bond motifs is 1. The minimum atomic E-state index is -1.34. The minimum Gasteiger partial charge on any atom is -0.388 e. The molecule has 132 valence electrons. The van der Waals surface area contributed by atoms with Crippen LogP contribution >= 0.6 is 0 Å². The lowest BCUT2D eigenvalue weighted by Crippen LogP contribution is -2.55. The van der Waals surface area contributed by atoms with Gasteiger partial charge in [-0.25, -0.2) is 0 Å². The maximum atomic E-state index is 12.8. The van der Waals surface area contributed by atoms with Gasteiger partial charge in [0.15, 0.2) is 5.69 Å². The summed E-state index contributed by atoms with van der Waals surface area (Å²) in [7, 11) is 0. The number of β-amino-alcohol motifs (C(OH)–C–C–N with tert-alkyl or cyclic N) is 1. The first-order chi connectivity index (χ1) is 12.1. The predicted molar refractivity (Wildman–Crippen MR) is 88.8 cm³/mol. The van der Waals surface area contributed by atoms with Crippen molar-refractivity contribution in [2.45, 2.75) is 31.2 Å². The second-order valence-corrected chi connectivity index (χ2v) is 6.64. The summed E-state index contributed by atoms with van der Waals surface area (Å²) >= 11 is 0. The van der Waals surface area contributed by atoms with Gasteiger partial charge in [0, 0.05) is 30.6 Å². The van der Waals surface area contributed by atoms with Crippen LogP contribution in [-0.2, 0) is 23.4 Å². The Hall–Kier alpha value is -2.22. The monoisotopic (exact) mass is 343 g/mol. The number of carbonyl (C=O) groups excluding carboxylic acids is 1.